The first kappa shape index (κ1) is 11.0. The molecule has 0 heterocycles. The van der Waals surface area contributed by atoms with Gasteiger partial charge in [0.1, 0.15) is 0 Å². The topological polar surface area (TPSA) is 72.3 Å². The molecule has 0 unspecified atom stereocenters. The molecule has 0 saturated heterocycles. The van der Waals surface area contributed by atoms with E-state index in [1.807, 2.05) is 24.3 Å². The minimum Gasteiger partial charge on any atom is -0.351 e. The second-order valence-corrected chi connectivity index (χ2v) is 3.67. The van der Waals surface area contributed by atoms with Crippen LogP contribution in [0.3, 0.4) is 0 Å². The highest BCUT2D eigenvalue weighted by Gasteiger charge is 2.10. The van der Waals surface area contributed by atoms with Crippen molar-refractivity contribution in [2.24, 2.45) is 11.5 Å². The molecule has 0 bridgehead atoms. The van der Waals surface area contributed by atoms with Crippen LogP contribution in [-0.4, -0.2) is 19.1 Å². The highest BCUT2D eigenvalue weighted by atomic mass is 79.9. The van der Waals surface area contributed by atoms with E-state index in [9.17, 15) is 4.79 Å². The maximum absolute atomic E-state index is 11.1. The van der Waals surface area contributed by atoms with Gasteiger partial charge >= 0.3 is 6.03 Å². The van der Waals surface area contributed by atoms with Crippen LogP contribution in [0.25, 0.3) is 0 Å². The second kappa shape index (κ2) is 4.97. The number of halogens is 1. The number of hydrogen-bond acceptors (Lipinski definition) is 2. The Bertz CT molecular complexity index is 330. The number of nitrogens with zero attached hydrogens (tertiary/aromatic N) is 1. The lowest BCUT2D eigenvalue weighted by atomic mass is 10.3. The van der Waals surface area contributed by atoms with E-state index < -0.39 is 6.03 Å². The monoisotopic (exact) mass is 257 g/mol. The summed E-state index contributed by atoms with van der Waals surface area (Å²) >= 11 is 3.32. The van der Waals surface area contributed by atoms with E-state index in [4.69, 9.17) is 11.5 Å². The molecule has 0 aliphatic rings. The molecule has 4 N–H and O–H groups in total. The van der Waals surface area contributed by atoms with Crippen LogP contribution in [0.2, 0.25) is 0 Å². The van der Waals surface area contributed by atoms with E-state index in [2.05, 4.69) is 15.9 Å². The number of anilines is 1. The van der Waals surface area contributed by atoms with Crippen LogP contribution in [0.15, 0.2) is 28.7 Å². The molecule has 14 heavy (non-hydrogen) atoms. The van der Waals surface area contributed by atoms with Gasteiger partial charge in [-0.3, -0.25) is 4.90 Å². The predicted molar refractivity (Wildman–Crippen MR) is 60.1 cm³/mol. The number of carbonyl (C=O) groups excluding carboxylic acids is 1. The molecule has 1 aromatic carbocycles. The zero-order valence-corrected chi connectivity index (χ0v) is 9.20. The Hall–Kier alpha value is -1.07. The first-order valence-electron chi connectivity index (χ1n) is 4.17. The molecule has 0 radical (unpaired) electrons. The summed E-state index contributed by atoms with van der Waals surface area (Å²) in [5.74, 6) is 0. The smallest absolute Gasteiger partial charge is 0.319 e. The predicted octanol–water partition coefficient (Wildman–Crippen LogP) is 1.29. The number of rotatable bonds is 3. The average molecular weight is 258 g/mol. The van der Waals surface area contributed by atoms with Crippen LogP contribution in [0, 0.1) is 0 Å². The minimum absolute atomic E-state index is 0.384. The largest absolute Gasteiger partial charge is 0.351 e. The maximum atomic E-state index is 11.1. The molecule has 5 heteroatoms. The van der Waals surface area contributed by atoms with Gasteiger partial charge in [-0.25, -0.2) is 4.79 Å². The van der Waals surface area contributed by atoms with E-state index in [1.54, 1.807) is 0 Å². The summed E-state index contributed by atoms with van der Waals surface area (Å²) in [5.41, 5.74) is 11.3. The van der Waals surface area contributed by atoms with E-state index in [1.165, 1.54) is 4.90 Å². The quantitative estimate of drug-likeness (QED) is 0.857. The fraction of sp³-hybridized carbons (Fsp3) is 0.222. The average Bonchev–Trinajstić information content (AvgIpc) is 2.13. The van der Waals surface area contributed by atoms with Crippen molar-refractivity contribution >= 4 is 27.6 Å². The van der Waals surface area contributed by atoms with Crippen LogP contribution in [0.4, 0.5) is 10.5 Å². The fourth-order valence-corrected chi connectivity index (χ4v) is 1.53. The minimum atomic E-state index is -0.492. The van der Waals surface area contributed by atoms with Gasteiger partial charge in [0.15, 0.2) is 0 Å². The number of benzene rings is 1. The van der Waals surface area contributed by atoms with Gasteiger partial charge in [-0.1, -0.05) is 22.0 Å². The zero-order chi connectivity index (χ0) is 10.6. The summed E-state index contributed by atoms with van der Waals surface area (Å²) in [6, 6.07) is 6.86. The van der Waals surface area contributed by atoms with Crippen LogP contribution in [-0.2, 0) is 0 Å². The van der Waals surface area contributed by atoms with Crippen LogP contribution < -0.4 is 16.4 Å². The van der Waals surface area contributed by atoms with Crippen molar-refractivity contribution in [1.82, 2.24) is 0 Å². The summed E-state index contributed by atoms with van der Waals surface area (Å²) in [5, 5.41) is 0. The van der Waals surface area contributed by atoms with Gasteiger partial charge in [0.2, 0.25) is 0 Å². The van der Waals surface area contributed by atoms with E-state index >= 15 is 0 Å². The third kappa shape index (κ3) is 2.71. The van der Waals surface area contributed by atoms with Gasteiger partial charge in [-0.15, -0.1) is 0 Å². The summed E-state index contributed by atoms with van der Waals surface area (Å²) in [4.78, 5) is 12.5. The molecule has 1 rings (SSSR count). The molecule has 0 aromatic heterocycles. The molecule has 0 fully saturated rings. The maximum Gasteiger partial charge on any atom is 0.319 e. The number of urea groups is 1. The van der Waals surface area contributed by atoms with Gasteiger partial charge < -0.3 is 11.5 Å². The summed E-state index contributed by atoms with van der Waals surface area (Å²) < 4.78 is 0.901. The van der Waals surface area contributed by atoms with E-state index in [-0.39, 0.29) is 0 Å². The Morgan fingerprint density at radius 2 is 2.21 bits per heavy atom. The SMILES string of the molecule is NCCN(C(N)=O)c1cccc(Br)c1. The van der Waals surface area contributed by atoms with Crippen LogP contribution in [0.1, 0.15) is 0 Å². The Balaban J connectivity index is 2.93. The molecule has 2 amide bonds. The molecule has 76 valence electrons. The molecule has 0 aliphatic carbocycles. The highest BCUT2D eigenvalue weighted by molar-refractivity contribution is 9.10. The van der Waals surface area contributed by atoms with Crippen molar-refractivity contribution in [2.75, 3.05) is 18.0 Å². The number of nitrogens with two attached hydrogens (primary N) is 2. The molecule has 0 aliphatic heterocycles. The van der Waals surface area contributed by atoms with Crippen molar-refractivity contribution < 1.29 is 4.79 Å². The Morgan fingerprint density at radius 1 is 1.50 bits per heavy atom. The van der Waals surface area contributed by atoms with E-state index in [0.717, 1.165) is 10.2 Å². The molecule has 0 saturated carbocycles. The summed E-state index contributed by atoms with van der Waals surface area (Å²) in [6.45, 7) is 0.807. The third-order valence-electron chi connectivity index (χ3n) is 1.74. The van der Waals surface area contributed by atoms with Crippen molar-refractivity contribution in [1.29, 1.82) is 0 Å². The van der Waals surface area contributed by atoms with Crippen molar-refractivity contribution in [3.63, 3.8) is 0 Å². The van der Waals surface area contributed by atoms with Crippen molar-refractivity contribution in [3.05, 3.63) is 28.7 Å². The lowest BCUT2D eigenvalue weighted by Gasteiger charge is -2.19. The van der Waals surface area contributed by atoms with Gasteiger partial charge in [-0.2, -0.15) is 0 Å². The highest BCUT2D eigenvalue weighted by Crippen LogP contribution is 2.19. The number of hydrogen-bond donors (Lipinski definition) is 2. The van der Waals surface area contributed by atoms with Gasteiger partial charge in [0.05, 0.1) is 0 Å². The molecule has 4 nitrogen and oxygen atoms in total. The van der Waals surface area contributed by atoms with Crippen LogP contribution >= 0.6 is 15.9 Å². The summed E-state index contributed by atoms with van der Waals surface area (Å²) in [6.07, 6.45) is 0. The normalized spacial score (nSPS) is 9.86. The standard InChI is InChI=1S/C9H12BrN3O/c10-7-2-1-3-8(6-7)13(5-4-11)9(12)14/h1-3,6H,4-5,11H2,(H2,12,14). The second-order valence-electron chi connectivity index (χ2n) is 2.76. The number of carbonyl (C=O) groups is 1. The van der Waals surface area contributed by atoms with E-state index in [0.29, 0.717) is 13.1 Å². The lowest BCUT2D eigenvalue weighted by Crippen LogP contribution is -2.39. The third-order valence-corrected chi connectivity index (χ3v) is 2.23. The first-order valence-corrected chi connectivity index (χ1v) is 4.97. The fourth-order valence-electron chi connectivity index (χ4n) is 1.14. The molecule has 1 aromatic rings. The molecule has 0 spiro atoms. The van der Waals surface area contributed by atoms with Crippen LogP contribution in [0.5, 0.6) is 0 Å². The molecular formula is C9H12BrN3O. The molecular weight excluding hydrogens is 246 g/mol. The number of amides is 2. The zero-order valence-electron chi connectivity index (χ0n) is 7.61. The lowest BCUT2D eigenvalue weighted by molar-refractivity contribution is 0.254. The molecule has 0 atom stereocenters. The Labute approximate surface area is 91.0 Å². The Morgan fingerprint density at radius 3 is 2.71 bits per heavy atom. The number of primary amides is 1. The van der Waals surface area contributed by atoms with Crippen molar-refractivity contribution in [2.45, 2.75) is 0 Å². The first-order chi connectivity index (χ1) is 6.65. The summed E-state index contributed by atoms with van der Waals surface area (Å²) in [7, 11) is 0. The Kier molecular flexibility index (Phi) is 3.91. The van der Waals surface area contributed by atoms with Gasteiger partial charge in [0.25, 0.3) is 0 Å². The van der Waals surface area contributed by atoms with Gasteiger partial charge in [-0.05, 0) is 18.2 Å². The van der Waals surface area contributed by atoms with Gasteiger partial charge in [0, 0.05) is 23.2 Å². The van der Waals surface area contributed by atoms with Crippen molar-refractivity contribution in [3.8, 4) is 0 Å².